The van der Waals surface area contributed by atoms with Crippen molar-refractivity contribution in [1.29, 1.82) is 0 Å². The van der Waals surface area contributed by atoms with Crippen molar-refractivity contribution in [2.24, 2.45) is 9.98 Å². The molecule has 1 atom stereocenters. The zero-order valence-corrected chi connectivity index (χ0v) is 29.1. The summed E-state index contributed by atoms with van der Waals surface area (Å²) in [6.07, 6.45) is 3.43. The number of hydrogen-bond donors (Lipinski definition) is 1. The van der Waals surface area contributed by atoms with Gasteiger partial charge >= 0.3 is 0 Å². The van der Waals surface area contributed by atoms with E-state index in [-0.39, 0.29) is 6.17 Å². The first kappa shape index (κ1) is 30.5. The third kappa shape index (κ3) is 4.55. The summed E-state index contributed by atoms with van der Waals surface area (Å²) in [4.78, 5) is 14.7. The largest absolute Gasteiger partial charge is 0.457 e. The van der Waals surface area contributed by atoms with Crippen molar-refractivity contribution in [2.75, 3.05) is 0 Å². The van der Waals surface area contributed by atoms with Crippen LogP contribution >= 0.6 is 0 Å². The minimum atomic E-state index is -0.582. The van der Waals surface area contributed by atoms with Gasteiger partial charge < -0.3 is 10.1 Å². The molecule has 3 heterocycles. The second kappa shape index (κ2) is 12.0. The van der Waals surface area contributed by atoms with Gasteiger partial charge in [-0.3, -0.25) is 4.98 Å². The summed E-state index contributed by atoms with van der Waals surface area (Å²) in [5.74, 6) is 3.33. The number of ether oxygens (including phenoxy) is 1. The molecule has 0 bridgehead atoms. The van der Waals surface area contributed by atoms with Crippen LogP contribution in [0.3, 0.4) is 0 Å². The van der Waals surface area contributed by atoms with E-state index in [1.807, 2.05) is 48.8 Å². The van der Waals surface area contributed by atoms with Gasteiger partial charge in [-0.15, -0.1) is 0 Å². The molecule has 54 heavy (non-hydrogen) atoms. The van der Waals surface area contributed by atoms with Gasteiger partial charge in [-0.05, 0) is 74.7 Å². The molecule has 254 valence electrons. The number of nitrogens with zero attached hydrogens (tertiary/aromatic N) is 3. The molecule has 11 rings (SSSR count). The first-order valence-corrected chi connectivity index (χ1v) is 18.3. The normalized spacial score (nSPS) is 15.9. The van der Waals surface area contributed by atoms with Crippen molar-refractivity contribution in [2.45, 2.75) is 11.6 Å². The third-order valence-electron chi connectivity index (χ3n) is 11.1. The quantitative estimate of drug-likeness (QED) is 0.200. The number of amidine groups is 2. The lowest BCUT2D eigenvalue weighted by molar-refractivity contribution is 0.436. The highest BCUT2D eigenvalue weighted by Crippen LogP contribution is 2.62. The standard InChI is InChI=1S/C49H32N4O/c1-3-12-31(13-4-1)46-51-47(32-14-5-2-6-15-32)53-48(52-46)34-23-25-41-39(29-34)38-28-33(36-17-11-16-35-30-50-27-26-37(35)36)22-24-40(38)49(41)42-18-7-9-20-44(42)54-45-21-10-8-19-43(45)49/h1-30,46H,(H,51,52,53). The van der Waals surface area contributed by atoms with Gasteiger partial charge in [-0.1, -0.05) is 140 Å². The lowest BCUT2D eigenvalue weighted by atomic mass is 9.66. The molecular formula is C49H32N4O. The Morgan fingerprint density at radius 3 is 1.81 bits per heavy atom. The zero-order valence-electron chi connectivity index (χ0n) is 29.1. The number of nitrogens with one attached hydrogen (secondary N) is 1. The number of para-hydroxylation sites is 2. The minimum Gasteiger partial charge on any atom is -0.457 e. The summed E-state index contributed by atoms with van der Waals surface area (Å²) >= 11 is 0. The van der Waals surface area contributed by atoms with Crippen LogP contribution in [0.2, 0.25) is 0 Å². The number of aliphatic imine (C=N–C) groups is 2. The molecule has 0 fully saturated rings. The Balaban J connectivity index is 1.16. The maximum atomic E-state index is 6.61. The van der Waals surface area contributed by atoms with E-state index in [0.717, 1.165) is 61.9 Å². The third-order valence-corrected chi connectivity index (χ3v) is 11.1. The summed E-state index contributed by atoms with van der Waals surface area (Å²) in [6.45, 7) is 0. The summed E-state index contributed by atoms with van der Waals surface area (Å²) in [7, 11) is 0. The number of aromatic nitrogens is 1. The van der Waals surface area contributed by atoms with Crippen molar-refractivity contribution < 1.29 is 4.74 Å². The Bertz CT molecular complexity index is 2790. The second-order valence-electron chi connectivity index (χ2n) is 14.0. The zero-order chi connectivity index (χ0) is 35.6. The van der Waals surface area contributed by atoms with Crippen LogP contribution in [-0.2, 0) is 5.41 Å². The summed E-state index contributed by atoms with van der Waals surface area (Å²) in [5, 5.41) is 5.93. The molecule has 7 aromatic carbocycles. The van der Waals surface area contributed by atoms with Gasteiger partial charge in [-0.25, -0.2) is 9.98 Å². The van der Waals surface area contributed by atoms with E-state index in [1.165, 1.54) is 33.2 Å². The van der Waals surface area contributed by atoms with E-state index in [0.29, 0.717) is 0 Å². The van der Waals surface area contributed by atoms with Gasteiger partial charge in [0.25, 0.3) is 0 Å². The molecule has 0 radical (unpaired) electrons. The van der Waals surface area contributed by atoms with Crippen LogP contribution in [0.15, 0.2) is 192 Å². The van der Waals surface area contributed by atoms with E-state index in [1.54, 1.807) is 0 Å². The number of hydrogen-bond acceptors (Lipinski definition) is 5. The van der Waals surface area contributed by atoms with Gasteiger partial charge in [0.1, 0.15) is 23.2 Å². The molecule has 0 amide bonds. The molecule has 1 spiro atoms. The lowest BCUT2D eigenvalue weighted by Crippen LogP contribution is -2.36. The van der Waals surface area contributed by atoms with Crippen LogP contribution in [0.25, 0.3) is 33.0 Å². The fourth-order valence-corrected chi connectivity index (χ4v) is 8.71. The average molecular weight is 693 g/mol. The van der Waals surface area contributed by atoms with Gasteiger partial charge in [0.15, 0.2) is 6.17 Å². The molecule has 5 heteroatoms. The Morgan fingerprint density at radius 2 is 1.09 bits per heavy atom. The fraction of sp³-hybridized carbons (Fsp3) is 0.0408. The van der Waals surface area contributed by atoms with Crippen LogP contribution in [0, 0.1) is 0 Å². The summed E-state index contributed by atoms with van der Waals surface area (Å²) < 4.78 is 6.61. The highest BCUT2D eigenvalue weighted by molar-refractivity contribution is 6.16. The number of fused-ring (bicyclic) bond motifs is 10. The molecule has 1 aliphatic carbocycles. The van der Waals surface area contributed by atoms with Gasteiger partial charge in [0.05, 0.1) is 5.41 Å². The molecule has 3 aliphatic rings. The lowest BCUT2D eigenvalue weighted by Gasteiger charge is -2.39. The molecule has 2 aliphatic heterocycles. The number of pyridine rings is 1. The predicted molar refractivity (Wildman–Crippen MR) is 216 cm³/mol. The highest BCUT2D eigenvalue weighted by Gasteiger charge is 2.51. The number of rotatable bonds is 4. The van der Waals surface area contributed by atoms with Crippen LogP contribution < -0.4 is 10.1 Å². The first-order chi connectivity index (χ1) is 26.8. The van der Waals surface area contributed by atoms with E-state index in [4.69, 9.17) is 14.7 Å². The first-order valence-electron chi connectivity index (χ1n) is 18.3. The monoisotopic (exact) mass is 692 g/mol. The van der Waals surface area contributed by atoms with Crippen LogP contribution in [0.4, 0.5) is 0 Å². The van der Waals surface area contributed by atoms with Crippen molar-refractivity contribution in [3.63, 3.8) is 0 Å². The van der Waals surface area contributed by atoms with Gasteiger partial charge in [0, 0.05) is 40.0 Å². The Hall–Kier alpha value is -7.11. The van der Waals surface area contributed by atoms with Gasteiger partial charge in [0.2, 0.25) is 0 Å². The molecule has 1 unspecified atom stereocenters. The van der Waals surface area contributed by atoms with E-state index < -0.39 is 5.41 Å². The smallest absolute Gasteiger partial charge is 0.169 e. The van der Waals surface area contributed by atoms with Crippen LogP contribution in [0.5, 0.6) is 11.5 Å². The fourth-order valence-electron chi connectivity index (χ4n) is 8.71. The van der Waals surface area contributed by atoms with Gasteiger partial charge in [-0.2, -0.15) is 0 Å². The Morgan fingerprint density at radius 1 is 0.481 bits per heavy atom. The maximum absolute atomic E-state index is 6.61. The summed E-state index contributed by atoms with van der Waals surface area (Å²) in [6, 6.07) is 60.0. The van der Waals surface area contributed by atoms with Crippen molar-refractivity contribution in [3.8, 4) is 33.8 Å². The van der Waals surface area contributed by atoms with E-state index in [9.17, 15) is 0 Å². The second-order valence-corrected chi connectivity index (χ2v) is 14.0. The molecule has 1 N–H and O–H groups in total. The number of benzene rings is 7. The molecule has 8 aromatic rings. The highest BCUT2D eigenvalue weighted by atomic mass is 16.5. The molecule has 1 aromatic heterocycles. The topological polar surface area (TPSA) is 58.9 Å². The maximum Gasteiger partial charge on any atom is 0.169 e. The minimum absolute atomic E-state index is 0.383. The van der Waals surface area contributed by atoms with Crippen LogP contribution in [0.1, 0.15) is 45.1 Å². The Kier molecular flexibility index (Phi) is 6.76. The molecule has 0 saturated heterocycles. The average Bonchev–Trinajstić information content (AvgIpc) is 3.53. The SMILES string of the molecule is c1ccc(C2=NC(c3ccccc3)N=C(c3ccc4c(c3)-c3cc(-c5cccc6cnccc56)ccc3C43c4ccccc4Oc4ccccc43)N2)cc1. The summed E-state index contributed by atoms with van der Waals surface area (Å²) in [5.41, 5.74) is 11.9. The predicted octanol–water partition coefficient (Wildman–Crippen LogP) is 10.9. The van der Waals surface area contributed by atoms with Crippen molar-refractivity contribution in [3.05, 3.63) is 221 Å². The molecule has 0 saturated carbocycles. The van der Waals surface area contributed by atoms with Crippen molar-refractivity contribution in [1.82, 2.24) is 10.3 Å². The molecular weight excluding hydrogens is 661 g/mol. The van der Waals surface area contributed by atoms with E-state index >= 15 is 0 Å². The van der Waals surface area contributed by atoms with E-state index in [2.05, 4.69) is 144 Å². The molecule has 5 nitrogen and oxygen atoms in total. The van der Waals surface area contributed by atoms with Crippen molar-refractivity contribution >= 4 is 22.4 Å². The Labute approximate surface area is 313 Å². The van der Waals surface area contributed by atoms with Crippen LogP contribution in [-0.4, -0.2) is 16.7 Å².